The zero-order chi connectivity index (χ0) is 11.4. The standard InChI is InChI=1S/C13H19ClN2/c1-10-4-2-7-13(16-10)15-9-12-6-3-5-11(12)8-14/h2,4,7,11-12H,3,5-6,8-9H2,1H3,(H,15,16). The molecule has 0 aromatic carbocycles. The van der Waals surface area contributed by atoms with Crippen LogP contribution in [0, 0.1) is 18.8 Å². The first-order valence-electron chi connectivity index (χ1n) is 6.03. The number of rotatable bonds is 4. The fraction of sp³-hybridized carbons (Fsp3) is 0.615. The smallest absolute Gasteiger partial charge is 0.126 e. The molecule has 1 aromatic heterocycles. The molecule has 1 N–H and O–H groups in total. The minimum Gasteiger partial charge on any atom is -0.370 e. The lowest BCUT2D eigenvalue weighted by molar-refractivity contribution is 0.444. The Balaban J connectivity index is 1.87. The highest BCUT2D eigenvalue weighted by Crippen LogP contribution is 2.32. The van der Waals surface area contributed by atoms with Gasteiger partial charge in [-0.1, -0.05) is 12.5 Å². The Morgan fingerprint density at radius 1 is 1.38 bits per heavy atom. The van der Waals surface area contributed by atoms with Crippen LogP contribution in [0.25, 0.3) is 0 Å². The van der Waals surface area contributed by atoms with Crippen LogP contribution in [0.15, 0.2) is 18.2 Å². The second kappa shape index (κ2) is 5.53. The Morgan fingerprint density at radius 2 is 2.19 bits per heavy atom. The summed E-state index contributed by atoms with van der Waals surface area (Å²) in [5.41, 5.74) is 1.06. The van der Waals surface area contributed by atoms with Gasteiger partial charge in [-0.25, -0.2) is 4.98 Å². The van der Waals surface area contributed by atoms with E-state index in [0.717, 1.165) is 29.9 Å². The summed E-state index contributed by atoms with van der Waals surface area (Å²) in [5.74, 6) is 3.20. The summed E-state index contributed by atoms with van der Waals surface area (Å²) in [5, 5.41) is 3.42. The molecule has 1 aromatic rings. The molecule has 0 saturated heterocycles. The average Bonchev–Trinajstić information content (AvgIpc) is 2.74. The summed E-state index contributed by atoms with van der Waals surface area (Å²) in [7, 11) is 0. The Hall–Kier alpha value is -0.760. The van der Waals surface area contributed by atoms with Crippen molar-refractivity contribution in [1.29, 1.82) is 0 Å². The van der Waals surface area contributed by atoms with Gasteiger partial charge in [0.2, 0.25) is 0 Å². The van der Waals surface area contributed by atoms with Crippen molar-refractivity contribution in [3.63, 3.8) is 0 Å². The molecule has 1 heterocycles. The number of hydrogen-bond donors (Lipinski definition) is 1. The number of nitrogens with zero attached hydrogens (tertiary/aromatic N) is 1. The molecule has 0 amide bonds. The number of nitrogens with one attached hydrogen (secondary N) is 1. The van der Waals surface area contributed by atoms with E-state index in [1.54, 1.807) is 0 Å². The highest BCUT2D eigenvalue weighted by atomic mass is 35.5. The Kier molecular flexibility index (Phi) is 4.05. The van der Waals surface area contributed by atoms with Crippen LogP contribution in [-0.4, -0.2) is 17.4 Å². The third kappa shape index (κ3) is 2.88. The summed E-state index contributed by atoms with van der Waals surface area (Å²) in [6.45, 7) is 3.02. The van der Waals surface area contributed by atoms with Crippen molar-refractivity contribution in [2.24, 2.45) is 11.8 Å². The summed E-state index contributed by atoms with van der Waals surface area (Å²) >= 11 is 5.97. The van der Waals surface area contributed by atoms with E-state index in [9.17, 15) is 0 Å². The van der Waals surface area contributed by atoms with Crippen LogP contribution in [0.3, 0.4) is 0 Å². The van der Waals surface area contributed by atoms with E-state index in [2.05, 4.69) is 10.3 Å². The van der Waals surface area contributed by atoms with E-state index in [0.29, 0.717) is 5.92 Å². The van der Waals surface area contributed by atoms with E-state index in [4.69, 9.17) is 11.6 Å². The lowest BCUT2D eigenvalue weighted by atomic mass is 9.98. The van der Waals surface area contributed by atoms with Gasteiger partial charge >= 0.3 is 0 Å². The molecular formula is C13H19ClN2. The van der Waals surface area contributed by atoms with Gasteiger partial charge in [0.15, 0.2) is 0 Å². The maximum absolute atomic E-state index is 5.97. The number of pyridine rings is 1. The van der Waals surface area contributed by atoms with Crippen LogP contribution in [0.4, 0.5) is 5.82 Å². The molecule has 88 valence electrons. The van der Waals surface area contributed by atoms with Crippen molar-refractivity contribution in [3.8, 4) is 0 Å². The highest BCUT2D eigenvalue weighted by molar-refractivity contribution is 6.18. The van der Waals surface area contributed by atoms with E-state index in [-0.39, 0.29) is 0 Å². The van der Waals surface area contributed by atoms with Crippen LogP contribution < -0.4 is 5.32 Å². The van der Waals surface area contributed by atoms with Gasteiger partial charge < -0.3 is 5.32 Å². The highest BCUT2D eigenvalue weighted by Gasteiger charge is 2.25. The minimum absolute atomic E-state index is 0.693. The van der Waals surface area contributed by atoms with Crippen LogP contribution >= 0.6 is 11.6 Å². The molecule has 16 heavy (non-hydrogen) atoms. The fourth-order valence-electron chi connectivity index (χ4n) is 2.46. The Bertz CT molecular complexity index is 340. The molecule has 0 bridgehead atoms. The van der Waals surface area contributed by atoms with Gasteiger partial charge in [-0.05, 0) is 43.7 Å². The first kappa shape index (κ1) is 11.7. The van der Waals surface area contributed by atoms with E-state index >= 15 is 0 Å². The summed E-state index contributed by atoms with van der Waals surface area (Å²) in [6, 6.07) is 6.08. The van der Waals surface area contributed by atoms with Crippen LogP contribution in [0.1, 0.15) is 25.0 Å². The number of alkyl halides is 1. The van der Waals surface area contributed by atoms with Gasteiger partial charge in [0.1, 0.15) is 5.82 Å². The number of anilines is 1. The Morgan fingerprint density at radius 3 is 2.94 bits per heavy atom. The zero-order valence-corrected chi connectivity index (χ0v) is 10.5. The SMILES string of the molecule is Cc1cccc(NCC2CCCC2CCl)n1. The number of hydrogen-bond acceptors (Lipinski definition) is 2. The third-order valence-corrected chi connectivity index (χ3v) is 3.84. The maximum Gasteiger partial charge on any atom is 0.126 e. The van der Waals surface area contributed by atoms with Crippen LogP contribution in [0.2, 0.25) is 0 Å². The quantitative estimate of drug-likeness (QED) is 0.813. The monoisotopic (exact) mass is 238 g/mol. The molecule has 0 radical (unpaired) electrons. The van der Waals surface area contributed by atoms with Gasteiger partial charge in [-0.3, -0.25) is 0 Å². The largest absolute Gasteiger partial charge is 0.370 e. The maximum atomic E-state index is 5.97. The first-order chi connectivity index (χ1) is 7.79. The van der Waals surface area contributed by atoms with E-state index in [1.165, 1.54) is 19.3 Å². The molecule has 2 rings (SSSR count). The van der Waals surface area contributed by atoms with Gasteiger partial charge in [-0.15, -0.1) is 11.6 Å². The molecule has 1 saturated carbocycles. The Labute approximate surface area is 102 Å². The second-order valence-corrected chi connectivity index (χ2v) is 4.96. The summed E-state index contributed by atoms with van der Waals surface area (Å²) in [6.07, 6.45) is 3.91. The van der Waals surface area contributed by atoms with Crippen LogP contribution in [0.5, 0.6) is 0 Å². The van der Waals surface area contributed by atoms with Crippen molar-refractivity contribution in [2.45, 2.75) is 26.2 Å². The molecule has 2 atom stereocenters. The van der Waals surface area contributed by atoms with Crippen molar-refractivity contribution in [2.75, 3.05) is 17.7 Å². The van der Waals surface area contributed by atoms with E-state index < -0.39 is 0 Å². The van der Waals surface area contributed by atoms with Crippen molar-refractivity contribution in [3.05, 3.63) is 23.9 Å². The predicted molar refractivity (Wildman–Crippen MR) is 69.0 cm³/mol. The first-order valence-corrected chi connectivity index (χ1v) is 6.56. The van der Waals surface area contributed by atoms with Crippen molar-refractivity contribution in [1.82, 2.24) is 4.98 Å². The predicted octanol–water partition coefficient (Wildman–Crippen LogP) is 3.46. The van der Waals surface area contributed by atoms with Gasteiger partial charge in [-0.2, -0.15) is 0 Å². The van der Waals surface area contributed by atoms with E-state index in [1.807, 2.05) is 25.1 Å². The zero-order valence-electron chi connectivity index (χ0n) is 9.75. The fourth-order valence-corrected chi connectivity index (χ4v) is 2.87. The molecule has 1 aliphatic rings. The molecule has 1 fully saturated rings. The normalized spacial score (nSPS) is 24.6. The third-order valence-electron chi connectivity index (χ3n) is 3.45. The van der Waals surface area contributed by atoms with Crippen molar-refractivity contribution < 1.29 is 0 Å². The van der Waals surface area contributed by atoms with Gasteiger partial charge in [0, 0.05) is 18.1 Å². The molecule has 1 aliphatic carbocycles. The van der Waals surface area contributed by atoms with Gasteiger partial charge in [0.05, 0.1) is 0 Å². The lowest BCUT2D eigenvalue weighted by Gasteiger charge is -2.18. The molecule has 2 unspecified atom stereocenters. The molecule has 3 heteroatoms. The van der Waals surface area contributed by atoms with Crippen molar-refractivity contribution >= 4 is 17.4 Å². The molecule has 0 aliphatic heterocycles. The minimum atomic E-state index is 0.693. The van der Waals surface area contributed by atoms with Crippen LogP contribution in [-0.2, 0) is 0 Å². The van der Waals surface area contributed by atoms with Gasteiger partial charge in [0.25, 0.3) is 0 Å². The number of halogens is 1. The average molecular weight is 239 g/mol. The summed E-state index contributed by atoms with van der Waals surface area (Å²) in [4.78, 5) is 4.44. The topological polar surface area (TPSA) is 24.9 Å². The number of aromatic nitrogens is 1. The summed E-state index contributed by atoms with van der Waals surface area (Å²) < 4.78 is 0. The molecule has 2 nitrogen and oxygen atoms in total. The lowest BCUT2D eigenvalue weighted by Crippen LogP contribution is -2.19. The molecular weight excluding hydrogens is 220 g/mol. The second-order valence-electron chi connectivity index (χ2n) is 4.65. The number of aryl methyl sites for hydroxylation is 1. The molecule has 0 spiro atoms.